The number of para-hydroxylation sites is 2. The van der Waals surface area contributed by atoms with Crippen LogP contribution in [0.4, 0.5) is 11.4 Å². The fraction of sp³-hybridized carbons (Fsp3) is 0.600. The van der Waals surface area contributed by atoms with Gasteiger partial charge in [0.1, 0.15) is 24.7 Å². The lowest BCUT2D eigenvalue weighted by molar-refractivity contribution is -0.0241. The molecule has 0 atom stereocenters. The standard InChI is InChI=1S/C30H48N2O10/c31-27-5-7-28(8-6-27)41-25-23-39-21-19-37-17-15-35-13-11-33-9-10-34-12-14-36-16-18-38-20-22-40-24-26-42-30-4-2-1-3-29(30)32/h1-8H,9-26,31-32H2. The first-order valence-corrected chi connectivity index (χ1v) is 14.3. The molecule has 0 aliphatic rings. The van der Waals surface area contributed by atoms with Crippen molar-refractivity contribution in [3.63, 3.8) is 0 Å². The zero-order valence-electron chi connectivity index (χ0n) is 24.6. The zero-order valence-corrected chi connectivity index (χ0v) is 24.6. The highest BCUT2D eigenvalue weighted by molar-refractivity contribution is 5.51. The third kappa shape index (κ3) is 20.2. The van der Waals surface area contributed by atoms with E-state index in [9.17, 15) is 0 Å². The quantitative estimate of drug-likeness (QED) is 0.105. The average Bonchev–Trinajstić information content (AvgIpc) is 3.00. The Bertz CT molecular complexity index is 875. The molecule has 0 heterocycles. The second kappa shape index (κ2) is 26.0. The summed E-state index contributed by atoms with van der Waals surface area (Å²) in [4.78, 5) is 0. The molecule has 2 rings (SSSR count). The minimum Gasteiger partial charge on any atom is -0.491 e. The highest BCUT2D eigenvalue weighted by atomic mass is 16.6. The van der Waals surface area contributed by atoms with Gasteiger partial charge in [0.15, 0.2) is 0 Å². The van der Waals surface area contributed by atoms with Gasteiger partial charge < -0.3 is 58.8 Å². The maximum absolute atomic E-state index is 5.81. The van der Waals surface area contributed by atoms with E-state index in [-0.39, 0.29) is 0 Å². The molecule has 0 fully saturated rings. The van der Waals surface area contributed by atoms with Crippen LogP contribution in [0, 0.1) is 0 Å². The molecule has 42 heavy (non-hydrogen) atoms. The Labute approximate surface area is 249 Å². The Balaban J connectivity index is 1.17. The summed E-state index contributed by atoms with van der Waals surface area (Å²) in [6.07, 6.45) is 0. The van der Waals surface area contributed by atoms with Gasteiger partial charge in [-0.25, -0.2) is 0 Å². The average molecular weight is 597 g/mol. The molecular weight excluding hydrogens is 548 g/mol. The SMILES string of the molecule is Nc1ccc(OCCOCCOCCOCCOCCOCCOCCOCCOCCOc2ccccc2N)cc1. The minimum atomic E-state index is 0.439. The van der Waals surface area contributed by atoms with Crippen LogP contribution in [0.2, 0.25) is 0 Å². The molecule has 12 nitrogen and oxygen atoms in total. The van der Waals surface area contributed by atoms with Crippen LogP contribution in [0.3, 0.4) is 0 Å². The summed E-state index contributed by atoms with van der Waals surface area (Å²) in [5, 5.41) is 0. The maximum atomic E-state index is 5.81. The molecule has 0 aliphatic heterocycles. The van der Waals surface area contributed by atoms with Gasteiger partial charge in [-0.05, 0) is 36.4 Å². The monoisotopic (exact) mass is 596 g/mol. The van der Waals surface area contributed by atoms with Crippen LogP contribution in [0.15, 0.2) is 48.5 Å². The van der Waals surface area contributed by atoms with Gasteiger partial charge in [-0.15, -0.1) is 0 Å². The van der Waals surface area contributed by atoms with E-state index in [1.165, 1.54) is 0 Å². The van der Waals surface area contributed by atoms with Crippen molar-refractivity contribution < 1.29 is 47.4 Å². The second-order valence-corrected chi connectivity index (χ2v) is 8.70. The molecule has 0 bridgehead atoms. The first kappa shape index (κ1) is 35.5. The van der Waals surface area contributed by atoms with Gasteiger partial charge in [-0.2, -0.15) is 0 Å². The molecular formula is C30H48N2O10. The van der Waals surface area contributed by atoms with Crippen molar-refractivity contribution in [1.82, 2.24) is 0 Å². The van der Waals surface area contributed by atoms with Gasteiger partial charge in [0.25, 0.3) is 0 Å². The van der Waals surface area contributed by atoms with E-state index >= 15 is 0 Å². The Kier molecular flexibility index (Phi) is 22.0. The topological polar surface area (TPSA) is 144 Å². The van der Waals surface area contributed by atoms with Crippen molar-refractivity contribution in [1.29, 1.82) is 0 Å². The van der Waals surface area contributed by atoms with E-state index in [0.717, 1.165) is 5.75 Å². The third-order valence-corrected chi connectivity index (χ3v) is 5.38. The Morgan fingerprint density at radius 1 is 0.357 bits per heavy atom. The lowest BCUT2D eigenvalue weighted by Gasteiger charge is -2.10. The van der Waals surface area contributed by atoms with Gasteiger partial charge >= 0.3 is 0 Å². The van der Waals surface area contributed by atoms with E-state index in [1.54, 1.807) is 18.2 Å². The molecule has 0 radical (unpaired) electrons. The van der Waals surface area contributed by atoms with Crippen molar-refractivity contribution in [3.05, 3.63) is 48.5 Å². The summed E-state index contributed by atoms with van der Waals surface area (Å²) < 4.78 is 54.9. The second-order valence-electron chi connectivity index (χ2n) is 8.70. The Hall–Kier alpha value is -2.68. The third-order valence-electron chi connectivity index (χ3n) is 5.38. The number of anilines is 2. The molecule has 2 aromatic carbocycles. The molecule has 0 unspecified atom stereocenters. The predicted molar refractivity (Wildman–Crippen MR) is 159 cm³/mol. The maximum Gasteiger partial charge on any atom is 0.142 e. The largest absolute Gasteiger partial charge is 0.491 e. The number of ether oxygens (including phenoxy) is 10. The summed E-state index contributed by atoms with van der Waals surface area (Å²) in [6.45, 7) is 8.95. The molecule has 4 N–H and O–H groups in total. The van der Waals surface area contributed by atoms with Crippen LogP contribution in [0.5, 0.6) is 11.5 Å². The predicted octanol–water partition coefficient (Wildman–Crippen LogP) is 2.44. The summed E-state index contributed by atoms with van der Waals surface area (Å²) in [7, 11) is 0. The van der Waals surface area contributed by atoms with Crippen LogP contribution < -0.4 is 20.9 Å². The molecule has 0 amide bonds. The van der Waals surface area contributed by atoms with E-state index in [0.29, 0.717) is 136 Å². The number of hydrogen-bond donors (Lipinski definition) is 2. The van der Waals surface area contributed by atoms with E-state index in [2.05, 4.69) is 0 Å². The van der Waals surface area contributed by atoms with Crippen molar-refractivity contribution in [2.75, 3.05) is 130 Å². The summed E-state index contributed by atoms with van der Waals surface area (Å²) in [5.74, 6) is 1.44. The zero-order chi connectivity index (χ0) is 29.8. The normalized spacial score (nSPS) is 11.1. The first-order valence-electron chi connectivity index (χ1n) is 14.3. The number of hydrogen-bond acceptors (Lipinski definition) is 12. The van der Waals surface area contributed by atoms with Crippen LogP contribution in [-0.2, 0) is 37.9 Å². The van der Waals surface area contributed by atoms with E-state index in [4.69, 9.17) is 58.8 Å². The van der Waals surface area contributed by atoms with Crippen molar-refractivity contribution in [3.8, 4) is 11.5 Å². The Morgan fingerprint density at radius 2 is 0.690 bits per heavy atom. The molecule has 0 aromatic heterocycles. The minimum absolute atomic E-state index is 0.439. The fourth-order valence-electron chi connectivity index (χ4n) is 3.25. The molecule has 238 valence electrons. The van der Waals surface area contributed by atoms with Crippen LogP contribution >= 0.6 is 0 Å². The number of rotatable bonds is 29. The van der Waals surface area contributed by atoms with Crippen LogP contribution in [-0.4, -0.2) is 119 Å². The highest BCUT2D eigenvalue weighted by Crippen LogP contribution is 2.19. The fourth-order valence-corrected chi connectivity index (χ4v) is 3.25. The molecule has 0 saturated carbocycles. The van der Waals surface area contributed by atoms with Crippen molar-refractivity contribution in [2.24, 2.45) is 0 Å². The van der Waals surface area contributed by atoms with Crippen LogP contribution in [0.1, 0.15) is 0 Å². The van der Waals surface area contributed by atoms with Crippen LogP contribution in [0.25, 0.3) is 0 Å². The molecule has 0 aliphatic carbocycles. The molecule has 12 heteroatoms. The van der Waals surface area contributed by atoms with E-state index < -0.39 is 0 Å². The smallest absolute Gasteiger partial charge is 0.142 e. The van der Waals surface area contributed by atoms with E-state index in [1.807, 2.05) is 30.3 Å². The first-order chi connectivity index (χ1) is 20.8. The highest BCUT2D eigenvalue weighted by Gasteiger charge is 1.99. The number of benzene rings is 2. The Morgan fingerprint density at radius 3 is 1.07 bits per heavy atom. The molecule has 2 aromatic rings. The number of nitrogen functional groups attached to an aromatic ring is 2. The van der Waals surface area contributed by atoms with Gasteiger partial charge in [-0.1, -0.05) is 12.1 Å². The van der Waals surface area contributed by atoms with Gasteiger partial charge in [-0.3, -0.25) is 0 Å². The van der Waals surface area contributed by atoms with Crippen molar-refractivity contribution in [2.45, 2.75) is 0 Å². The summed E-state index contributed by atoms with van der Waals surface area (Å²) >= 11 is 0. The van der Waals surface area contributed by atoms with Crippen molar-refractivity contribution >= 4 is 11.4 Å². The van der Waals surface area contributed by atoms with Gasteiger partial charge in [0.2, 0.25) is 0 Å². The van der Waals surface area contributed by atoms with Gasteiger partial charge in [0, 0.05) is 5.69 Å². The molecule has 0 saturated heterocycles. The number of nitrogens with two attached hydrogens (primary N) is 2. The lowest BCUT2D eigenvalue weighted by atomic mass is 10.3. The lowest BCUT2D eigenvalue weighted by Crippen LogP contribution is -2.15. The summed E-state index contributed by atoms with van der Waals surface area (Å²) in [6, 6.07) is 14.6. The molecule has 0 spiro atoms. The summed E-state index contributed by atoms with van der Waals surface area (Å²) in [5.41, 5.74) is 12.8. The van der Waals surface area contributed by atoms with Gasteiger partial charge in [0.05, 0.1) is 111 Å².